The lowest BCUT2D eigenvalue weighted by Gasteiger charge is -2.16. The average Bonchev–Trinajstić information content (AvgIpc) is 2.22. The van der Waals surface area contributed by atoms with E-state index in [2.05, 4.69) is 32.9 Å². The molecule has 0 heterocycles. The Morgan fingerprint density at radius 1 is 1.27 bits per heavy atom. The summed E-state index contributed by atoms with van der Waals surface area (Å²) in [4.78, 5) is 11.9. The van der Waals surface area contributed by atoms with E-state index in [1.165, 1.54) is 11.1 Å². The molecule has 82 valence electrons. The van der Waals surface area contributed by atoms with Gasteiger partial charge in [0.15, 0.2) is 0 Å². The van der Waals surface area contributed by atoms with E-state index < -0.39 is 0 Å². The molecule has 0 aliphatic rings. The molecule has 1 heteroatoms. The Balaban J connectivity index is 2.92. The number of aryl methyl sites for hydroxylation is 1. The van der Waals surface area contributed by atoms with Crippen LogP contribution in [0.15, 0.2) is 24.3 Å². The van der Waals surface area contributed by atoms with Gasteiger partial charge in [0.25, 0.3) is 0 Å². The average molecular weight is 204 g/mol. The molecule has 0 saturated heterocycles. The maximum Gasteiger partial charge on any atom is 0.140 e. The molecule has 0 amide bonds. The Hall–Kier alpha value is -1.11. The van der Waals surface area contributed by atoms with Crippen molar-refractivity contribution in [1.82, 2.24) is 0 Å². The molecule has 1 rings (SSSR count). The molecule has 1 aromatic carbocycles. The van der Waals surface area contributed by atoms with E-state index in [1.807, 2.05) is 12.1 Å². The smallest absolute Gasteiger partial charge is 0.140 e. The molecule has 0 radical (unpaired) electrons. The quantitative estimate of drug-likeness (QED) is 0.711. The lowest BCUT2D eigenvalue weighted by Crippen LogP contribution is -2.12. The number of carbonyl (C=O) groups excluding carboxylic acids is 1. The highest BCUT2D eigenvalue weighted by atomic mass is 16.1. The van der Waals surface area contributed by atoms with Crippen molar-refractivity contribution < 1.29 is 4.79 Å². The second-order valence-electron chi connectivity index (χ2n) is 4.03. The fourth-order valence-corrected chi connectivity index (χ4v) is 2.02. The lowest BCUT2D eigenvalue weighted by atomic mass is 9.87. The highest BCUT2D eigenvalue weighted by molar-refractivity contribution is 5.85. The summed E-state index contributed by atoms with van der Waals surface area (Å²) in [6.45, 7) is 6.23. The van der Waals surface area contributed by atoms with Gasteiger partial charge in [-0.15, -0.1) is 0 Å². The van der Waals surface area contributed by atoms with Crippen molar-refractivity contribution in [3.63, 3.8) is 0 Å². The van der Waals surface area contributed by atoms with E-state index in [0.717, 1.165) is 12.8 Å². The Morgan fingerprint density at radius 3 is 2.47 bits per heavy atom. The molecule has 0 fully saturated rings. The fraction of sp³-hybridized carbons (Fsp3) is 0.500. The first-order chi connectivity index (χ1) is 7.20. The van der Waals surface area contributed by atoms with Gasteiger partial charge in [0.05, 0.1) is 0 Å². The van der Waals surface area contributed by atoms with Crippen LogP contribution in [0.5, 0.6) is 0 Å². The monoisotopic (exact) mass is 204 g/mol. The van der Waals surface area contributed by atoms with Crippen molar-refractivity contribution in [2.75, 3.05) is 0 Å². The topological polar surface area (TPSA) is 17.1 Å². The van der Waals surface area contributed by atoms with Gasteiger partial charge in [-0.05, 0) is 30.9 Å². The van der Waals surface area contributed by atoms with Crippen LogP contribution < -0.4 is 0 Å². The third-order valence-electron chi connectivity index (χ3n) is 2.86. The zero-order valence-corrected chi connectivity index (χ0v) is 9.92. The third kappa shape index (κ3) is 2.92. The molecule has 1 nitrogen and oxygen atoms in total. The maximum atomic E-state index is 11.9. The van der Waals surface area contributed by atoms with Gasteiger partial charge in [-0.1, -0.05) is 38.1 Å². The number of rotatable bonds is 5. The number of benzene rings is 1. The minimum absolute atomic E-state index is 0.103. The first kappa shape index (κ1) is 12.0. The summed E-state index contributed by atoms with van der Waals surface area (Å²) in [6, 6.07) is 8.20. The molecule has 0 aromatic heterocycles. The van der Waals surface area contributed by atoms with Gasteiger partial charge < -0.3 is 0 Å². The van der Waals surface area contributed by atoms with E-state index in [1.54, 1.807) is 0 Å². The number of ketones is 1. The van der Waals surface area contributed by atoms with Crippen LogP contribution in [0, 0.1) is 6.92 Å². The zero-order chi connectivity index (χ0) is 11.3. The zero-order valence-electron chi connectivity index (χ0n) is 9.92. The second-order valence-corrected chi connectivity index (χ2v) is 4.03. The number of carbonyl (C=O) groups is 1. The van der Waals surface area contributed by atoms with Gasteiger partial charge in [0, 0.05) is 12.3 Å². The molecule has 0 N–H and O–H groups in total. The fourth-order valence-electron chi connectivity index (χ4n) is 2.02. The molecule has 0 bridgehead atoms. The Kier molecular flexibility index (Phi) is 4.54. The Bertz CT molecular complexity index is 328. The minimum Gasteiger partial charge on any atom is -0.299 e. The SMILES string of the molecule is CCCC(=O)C(CC)c1ccccc1C. The molecule has 0 saturated carbocycles. The Labute approximate surface area is 92.5 Å². The van der Waals surface area contributed by atoms with E-state index in [-0.39, 0.29) is 5.92 Å². The normalized spacial score (nSPS) is 12.5. The van der Waals surface area contributed by atoms with Crippen LogP contribution in [0.1, 0.15) is 50.2 Å². The number of Topliss-reactive ketones (excluding diaryl/α,β-unsaturated/α-hetero) is 1. The highest BCUT2D eigenvalue weighted by Crippen LogP contribution is 2.25. The minimum atomic E-state index is 0.103. The van der Waals surface area contributed by atoms with Gasteiger partial charge in [0.2, 0.25) is 0 Å². The van der Waals surface area contributed by atoms with Crippen LogP contribution >= 0.6 is 0 Å². The van der Waals surface area contributed by atoms with Crippen molar-refractivity contribution in [2.45, 2.75) is 46.0 Å². The highest BCUT2D eigenvalue weighted by Gasteiger charge is 2.18. The summed E-state index contributed by atoms with van der Waals surface area (Å²) in [6.07, 6.45) is 2.55. The van der Waals surface area contributed by atoms with Gasteiger partial charge in [0.1, 0.15) is 5.78 Å². The third-order valence-corrected chi connectivity index (χ3v) is 2.86. The van der Waals surface area contributed by atoms with Crippen molar-refractivity contribution in [1.29, 1.82) is 0 Å². The predicted octanol–water partition coefficient (Wildman–Crippen LogP) is 3.86. The van der Waals surface area contributed by atoms with Crippen LogP contribution in [0.4, 0.5) is 0 Å². The van der Waals surface area contributed by atoms with Crippen molar-refractivity contribution >= 4 is 5.78 Å². The van der Waals surface area contributed by atoms with Crippen LogP contribution in [-0.4, -0.2) is 5.78 Å². The van der Waals surface area contributed by atoms with E-state index >= 15 is 0 Å². The molecule has 15 heavy (non-hydrogen) atoms. The molecular weight excluding hydrogens is 184 g/mol. The summed E-state index contributed by atoms with van der Waals surface area (Å²) in [5.74, 6) is 0.487. The number of hydrogen-bond donors (Lipinski definition) is 0. The first-order valence-electron chi connectivity index (χ1n) is 5.78. The van der Waals surface area contributed by atoms with Gasteiger partial charge in [-0.3, -0.25) is 4.79 Å². The van der Waals surface area contributed by atoms with Crippen LogP contribution in [0.2, 0.25) is 0 Å². The number of hydrogen-bond acceptors (Lipinski definition) is 1. The largest absolute Gasteiger partial charge is 0.299 e. The van der Waals surface area contributed by atoms with Gasteiger partial charge in [-0.2, -0.15) is 0 Å². The standard InChI is InChI=1S/C14H20O/c1-4-8-14(15)12(5-2)13-10-7-6-9-11(13)3/h6-7,9-10,12H,4-5,8H2,1-3H3. The summed E-state index contributed by atoms with van der Waals surface area (Å²) in [7, 11) is 0. The second kappa shape index (κ2) is 5.69. The van der Waals surface area contributed by atoms with Crippen LogP contribution in [0.3, 0.4) is 0 Å². The summed E-state index contributed by atoms with van der Waals surface area (Å²) in [5, 5.41) is 0. The van der Waals surface area contributed by atoms with Gasteiger partial charge in [-0.25, -0.2) is 0 Å². The molecule has 1 atom stereocenters. The molecule has 1 aromatic rings. The van der Waals surface area contributed by atoms with Crippen LogP contribution in [-0.2, 0) is 4.79 Å². The van der Waals surface area contributed by atoms with Crippen molar-refractivity contribution in [2.24, 2.45) is 0 Å². The first-order valence-corrected chi connectivity index (χ1v) is 5.78. The van der Waals surface area contributed by atoms with Crippen molar-refractivity contribution in [3.8, 4) is 0 Å². The molecular formula is C14H20O. The molecule has 0 aliphatic heterocycles. The summed E-state index contributed by atoms with van der Waals surface area (Å²) in [5.41, 5.74) is 2.44. The molecule has 0 aliphatic carbocycles. The maximum absolute atomic E-state index is 11.9. The predicted molar refractivity (Wildman–Crippen MR) is 64.1 cm³/mol. The van der Waals surface area contributed by atoms with E-state index in [9.17, 15) is 4.79 Å². The molecule has 1 unspecified atom stereocenters. The van der Waals surface area contributed by atoms with Crippen LogP contribution in [0.25, 0.3) is 0 Å². The van der Waals surface area contributed by atoms with E-state index in [4.69, 9.17) is 0 Å². The van der Waals surface area contributed by atoms with Crippen molar-refractivity contribution in [3.05, 3.63) is 35.4 Å². The summed E-state index contributed by atoms with van der Waals surface area (Å²) >= 11 is 0. The van der Waals surface area contributed by atoms with Gasteiger partial charge >= 0.3 is 0 Å². The summed E-state index contributed by atoms with van der Waals surface area (Å²) < 4.78 is 0. The Morgan fingerprint density at radius 2 is 1.93 bits per heavy atom. The lowest BCUT2D eigenvalue weighted by molar-refractivity contribution is -0.120. The van der Waals surface area contributed by atoms with E-state index in [0.29, 0.717) is 12.2 Å². The molecule has 0 spiro atoms.